The molecule has 1 unspecified atom stereocenters. The van der Waals surface area contributed by atoms with E-state index in [4.69, 9.17) is 21.1 Å². The van der Waals surface area contributed by atoms with E-state index in [0.29, 0.717) is 23.3 Å². The molecule has 1 N–H and O–H groups in total. The average Bonchev–Trinajstić information content (AvgIpc) is 2.78. The highest BCUT2D eigenvalue weighted by Crippen LogP contribution is 2.31. The number of halogens is 1. The van der Waals surface area contributed by atoms with Crippen LogP contribution in [-0.4, -0.2) is 24.8 Å². The van der Waals surface area contributed by atoms with Crippen LogP contribution in [0.1, 0.15) is 32.4 Å². The summed E-state index contributed by atoms with van der Waals surface area (Å²) in [6.07, 6.45) is 0.0432. The monoisotopic (exact) mass is 281 g/mol. The minimum atomic E-state index is 0.0432. The molecule has 0 spiro atoms. The van der Waals surface area contributed by atoms with Gasteiger partial charge in [-0.25, -0.2) is 0 Å². The van der Waals surface area contributed by atoms with Gasteiger partial charge >= 0.3 is 0 Å². The van der Waals surface area contributed by atoms with Crippen molar-refractivity contribution < 1.29 is 9.47 Å². The van der Waals surface area contributed by atoms with E-state index >= 15 is 0 Å². The Morgan fingerprint density at radius 3 is 2.58 bits per heavy atom. The minimum absolute atomic E-state index is 0.0432. The highest BCUT2D eigenvalue weighted by atomic mass is 35.5. The van der Waals surface area contributed by atoms with Crippen molar-refractivity contribution in [2.24, 2.45) is 0 Å². The summed E-state index contributed by atoms with van der Waals surface area (Å²) in [5.74, 6) is 1.15. The fourth-order valence-electron chi connectivity index (χ4n) is 1.85. The number of H-pyrrole nitrogens is 1. The molecular formula is C15H20ClNO2. The maximum Gasteiger partial charge on any atom is 0.140 e. The Hall–Kier alpha value is -1.19. The summed E-state index contributed by atoms with van der Waals surface area (Å²) in [5, 5.41) is 1.74. The second-order valence-electron chi connectivity index (χ2n) is 5.11. The highest BCUT2D eigenvalue weighted by Gasteiger charge is 2.10. The number of methoxy groups -OCH3 is 1. The third-order valence-corrected chi connectivity index (χ3v) is 3.49. The maximum absolute atomic E-state index is 6.24. The average molecular weight is 282 g/mol. The predicted molar refractivity (Wildman–Crippen MR) is 79.4 cm³/mol. The van der Waals surface area contributed by atoms with E-state index in [2.05, 4.69) is 24.9 Å². The van der Waals surface area contributed by atoms with Crippen LogP contribution in [0.2, 0.25) is 5.02 Å². The van der Waals surface area contributed by atoms with Gasteiger partial charge < -0.3 is 14.5 Å². The van der Waals surface area contributed by atoms with Gasteiger partial charge in [0.25, 0.3) is 0 Å². The van der Waals surface area contributed by atoms with Crippen molar-refractivity contribution in [3.63, 3.8) is 0 Å². The molecule has 0 bridgehead atoms. The molecule has 19 heavy (non-hydrogen) atoms. The number of hydrogen-bond donors (Lipinski definition) is 1. The molecule has 0 aliphatic heterocycles. The Morgan fingerprint density at radius 1 is 1.21 bits per heavy atom. The molecule has 0 aliphatic carbocycles. The first kappa shape index (κ1) is 14.2. The highest BCUT2D eigenvalue weighted by molar-refractivity contribution is 6.32. The quantitative estimate of drug-likeness (QED) is 0.884. The molecule has 4 heteroatoms. The van der Waals surface area contributed by atoms with Crippen LogP contribution < -0.4 is 4.74 Å². The van der Waals surface area contributed by atoms with Gasteiger partial charge in [0.2, 0.25) is 0 Å². The molecule has 1 aromatic heterocycles. The summed E-state index contributed by atoms with van der Waals surface area (Å²) < 4.78 is 10.8. The lowest BCUT2D eigenvalue weighted by Crippen LogP contribution is -2.16. The summed E-state index contributed by atoms with van der Waals surface area (Å²) in [7, 11) is 1.67. The zero-order valence-corrected chi connectivity index (χ0v) is 12.5. The van der Waals surface area contributed by atoms with Crippen molar-refractivity contribution >= 4 is 22.5 Å². The Bertz CT molecular complexity index is 563. The van der Waals surface area contributed by atoms with Crippen LogP contribution in [0.4, 0.5) is 0 Å². The van der Waals surface area contributed by atoms with E-state index in [0.717, 1.165) is 10.9 Å². The van der Waals surface area contributed by atoms with Gasteiger partial charge in [0.15, 0.2) is 0 Å². The molecule has 1 aromatic carbocycles. The molecule has 2 rings (SSSR count). The topological polar surface area (TPSA) is 34.2 Å². The summed E-state index contributed by atoms with van der Waals surface area (Å²) in [4.78, 5) is 3.39. The molecule has 0 saturated heterocycles. The van der Waals surface area contributed by atoms with E-state index in [-0.39, 0.29) is 6.10 Å². The lowest BCUT2D eigenvalue weighted by molar-refractivity contribution is 0.0717. The number of hydrogen-bond acceptors (Lipinski definition) is 2. The van der Waals surface area contributed by atoms with Crippen LogP contribution in [0.5, 0.6) is 5.75 Å². The first-order chi connectivity index (χ1) is 9.01. The van der Waals surface area contributed by atoms with Crippen molar-refractivity contribution in [3.8, 4) is 5.75 Å². The van der Waals surface area contributed by atoms with E-state index < -0.39 is 0 Å². The first-order valence-corrected chi connectivity index (χ1v) is 6.86. The van der Waals surface area contributed by atoms with Crippen LogP contribution in [0.25, 0.3) is 10.9 Å². The zero-order valence-electron chi connectivity index (χ0n) is 11.8. The van der Waals surface area contributed by atoms with E-state index in [9.17, 15) is 0 Å². The summed E-state index contributed by atoms with van der Waals surface area (Å²) in [5.41, 5.74) is 2.25. The molecule has 2 aromatic rings. The summed E-state index contributed by atoms with van der Waals surface area (Å²) >= 11 is 6.24. The van der Waals surface area contributed by atoms with Crippen molar-refractivity contribution in [2.45, 2.75) is 32.8 Å². The van der Waals surface area contributed by atoms with Crippen molar-refractivity contribution in [1.29, 1.82) is 0 Å². The Balaban J connectivity index is 2.27. The third-order valence-electron chi connectivity index (χ3n) is 3.19. The minimum Gasteiger partial charge on any atom is -0.489 e. The molecule has 3 nitrogen and oxygen atoms in total. The van der Waals surface area contributed by atoms with Crippen LogP contribution in [0.3, 0.4) is 0 Å². The smallest absolute Gasteiger partial charge is 0.140 e. The molecule has 0 saturated carbocycles. The molecule has 0 amide bonds. The normalized spacial score (nSPS) is 13.2. The number of aromatic nitrogens is 1. The van der Waals surface area contributed by atoms with Crippen LogP contribution in [-0.2, 0) is 4.74 Å². The standard InChI is InChI=1S/C15H20ClNO2/c1-9(2)13-6-11-5-12(16)15(7-14(11)17-13)19-8-10(3)18-4/h5-7,9-10,17H,8H2,1-4H3. The number of benzene rings is 1. The summed E-state index contributed by atoms with van der Waals surface area (Å²) in [6, 6.07) is 6.02. The molecule has 1 atom stereocenters. The molecule has 1 heterocycles. The van der Waals surface area contributed by atoms with Gasteiger partial charge in [-0.05, 0) is 25.0 Å². The first-order valence-electron chi connectivity index (χ1n) is 6.49. The van der Waals surface area contributed by atoms with Gasteiger partial charge in [-0.3, -0.25) is 0 Å². The number of aromatic amines is 1. The van der Waals surface area contributed by atoms with Crippen LogP contribution in [0.15, 0.2) is 18.2 Å². The third kappa shape index (κ3) is 3.23. The van der Waals surface area contributed by atoms with E-state index in [1.807, 2.05) is 19.1 Å². The van der Waals surface area contributed by atoms with Gasteiger partial charge in [0.1, 0.15) is 12.4 Å². The molecular weight excluding hydrogens is 262 g/mol. The fourth-order valence-corrected chi connectivity index (χ4v) is 2.08. The number of fused-ring (bicyclic) bond motifs is 1. The lowest BCUT2D eigenvalue weighted by atomic mass is 10.1. The number of rotatable bonds is 5. The lowest BCUT2D eigenvalue weighted by Gasteiger charge is -2.12. The van der Waals surface area contributed by atoms with Crippen molar-refractivity contribution in [1.82, 2.24) is 4.98 Å². The fraction of sp³-hybridized carbons (Fsp3) is 0.467. The van der Waals surface area contributed by atoms with Crippen molar-refractivity contribution in [3.05, 3.63) is 28.9 Å². The predicted octanol–water partition coefficient (Wildman–Crippen LogP) is 4.36. The second-order valence-corrected chi connectivity index (χ2v) is 5.51. The molecule has 0 fully saturated rings. The number of ether oxygens (including phenoxy) is 2. The van der Waals surface area contributed by atoms with Crippen LogP contribution >= 0.6 is 11.6 Å². The van der Waals surface area contributed by atoms with Gasteiger partial charge in [0.05, 0.1) is 11.1 Å². The van der Waals surface area contributed by atoms with Crippen LogP contribution in [0, 0.1) is 0 Å². The SMILES string of the molecule is COC(C)COc1cc2[nH]c(C(C)C)cc2cc1Cl. The van der Waals surface area contributed by atoms with E-state index in [1.54, 1.807) is 7.11 Å². The zero-order chi connectivity index (χ0) is 14.0. The Labute approximate surface area is 118 Å². The van der Waals surface area contributed by atoms with Gasteiger partial charge in [-0.15, -0.1) is 0 Å². The van der Waals surface area contributed by atoms with E-state index in [1.165, 1.54) is 5.69 Å². The maximum atomic E-state index is 6.24. The largest absolute Gasteiger partial charge is 0.489 e. The molecule has 104 valence electrons. The van der Waals surface area contributed by atoms with Gasteiger partial charge in [-0.1, -0.05) is 25.4 Å². The Kier molecular flexibility index (Phi) is 4.38. The second kappa shape index (κ2) is 5.85. The van der Waals surface area contributed by atoms with Crippen molar-refractivity contribution in [2.75, 3.05) is 13.7 Å². The van der Waals surface area contributed by atoms with Gasteiger partial charge in [-0.2, -0.15) is 0 Å². The molecule has 0 radical (unpaired) electrons. The Morgan fingerprint density at radius 2 is 1.95 bits per heavy atom. The molecule has 0 aliphatic rings. The number of nitrogens with one attached hydrogen (secondary N) is 1. The summed E-state index contributed by atoms with van der Waals surface area (Å²) in [6.45, 7) is 6.76. The van der Waals surface area contributed by atoms with Gasteiger partial charge in [0, 0.05) is 29.8 Å².